The van der Waals surface area contributed by atoms with Crippen molar-refractivity contribution in [2.24, 2.45) is 0 Å². The molecule has 0 atom stereocenters. The largest absolute Gasteiger partial charge is 0.810 e. The van der Waals surface area contributed by atoms with Gasteiger partial charge < -0.3 is 14.4 Å². The highest BCUT2D eigenvalue weighted by atomic mass is 31.2. The number of unbranched alkanes of at least 4 members (excludes halogenated alkanes) is 1. The van der Waals surface area contributed by atoms with Crippen molar-refractivity contribution in [3.8, 4) is 0 Å². The van der Waals surface area contributed by atoms with Crippen LogP contribution in [0.3, 0.4) is 0 Å². The van der Waals surface area contributed by atoms with E-state index in [1.807, 2.05) is 0 Å². The molecule has 0 amide bonds. The number of alkyl halides is 2. The summed E-state index contributed by atoms with van der Waals surface area (Å²) in [5.41, 5.74) is 0. The number of rotatable bonds is 6. The van der Waals surface area contributed by atoms with Crippen LogP contribution in [0.15, 0.2) is 0 Å². The minimum Gasteiger partial charge on any atom is -0.810 e. The van der Waals surface area contributed by atoms with Gasteiger partial charge in [0, 0.05) is 12.6 Å². The first-order valence-corrected chi connectivity index (χ1v) is 5.84. The van der Waals surface area contributed by atoms with Gasteiger partial charge in [-0.3, -0.25) is 4.79 Å². The van der Waals surface area contributed by atoms with Crippen molar-refractivity contribution < 1.29 is 27.9 Å². The molecule has 0 heterocycles. The number of hydrogen-bond acceptors (Lipinski definition) is 4. The second-order valence-corrected chi connectivity index (χ2v) is 4.54. The molecule has 0 unspecified atom stereocenters. The van der Waals surface area contributed by atoms with Crippen LogP contribution in [0.5, 0.6) is 0 Å². The Morgan fingerprint density at radius 3 is 2.29 bits per heavy atom. The average Bonchev–Trinajstić information content (AvgIpc) is 1.97. The van der Waals surface area contributed by atoms with Crippen LogP contribution in [0.25, 0.3) is 0 Å². The van der Waals surface area contributed by atoms with Crippen molar-refractivity contribution in [3.05, 3.63) is 0 Å². The first-order chi connectivity index (χ1) is 6.19. The van der Waals surface area contributed by atoms with Gasteiger partial charge in [0.2, 0.25) is 5.78 Å². The monoisotopic (exact) mass is 228 g/mol. The molecule has 0 aliphatic rings. The molecule has 0 aliphatic carbocycles. The summed E-state index contributed by atoms with van der Waals surface area (Å²) in [5.74, 6) is -5.50. The SMILES string of the molecule is CCCCC(F)(F)C(=O)CP(=O)([O-])[O-]. The van der Waals surface area contributed by atoms with Crippen LogP contribution in [0.2, 0.25) is 0 Å². The quantitative estimate of drug-likeness (QED) is 0.612. The molecule has 0 aromatic carbocycles. The van der Waals surface area contributed by atoms with Gasteiger partial charge in [-0.25, -0.2) is 0 Å². The number of carbonyl (C=O) groups excluding carboxylic acids is 1. The van der Waals surface area contributed by atoms with E-state index in [1.165, 1.54) is 0 Å². The van der Waals surface area contributed by atoms with Crippen molar-refractivity contribution in [1.29, 1.82) is 0 Å². The number of ketones is 1. The van der Waals surface area contributed by atoms with E-state index >= 15 is 0 Å². The van der Waals surface area contributed by atoms with Crippen molar-refractivity contribution in [1.82, 2.24) is 0 Å². The van der Waals surface area contributed by atoms with Gasteiger partial charge in [0.1, 0.15) is 0 Å². The van der Waals surface area contributed by atoms with Crippen LogP contribution >= 0.6 is 7.60 Å². The Labute approximate surface area is 80.5 Å². The maximum Gasteiger partial charge on any atom is 0.305 e. The van der Waals surface area contributed by atoms with Crippen molar-refractivity contribution in [3.63, 3.8) is 0 Å². The summed E-state index contributed by atoms with van der Waals surface area (Å²) in [7, 11) is -5.18. The Kier molecular flexibility index (Phi) is 4.84. The average molecular weight is 228 g/mol. The van der Waals surface area contributed by atoms with Crippen LogP contribution in [0, 0.1) is 0 Å². The lowest BCUT2D eigenvalue weighted by Gasteiger charge is -2.30. The number of Topliss-reactive ketones (excluding diaryl/α,β-unsaturated/α-hetero) is 1. The summed E-state index contributed by atoms with van der Waals surface area (Å²) in [4.78, 5) is 30.8. The molecular weight excluding hydrogens is 217 g/mol. The fraction of sp³-hybridized carbons (Fsp3) is 0.857. The third kappa shape index (κ3) is 5.42. The van der Waals surface area contributed by atoms with Gasteiger partial charge in [-0.15, -0.1) is 0 Å². The van der Waals surface area contributed by atoms with E-state index in [-0.39, 0.29) is 6.42 Å². The molecule has 0 spiro atoms. The maximum absolute atomic E-state index is 12.8. The van der Waals surface area contributed by atoms with Gasteiger partial charge >= 0.3 is 5.92 Å². The van der Waals surface area contributed by atoms with Gasteiger partial charge in [0.05, 0.1) is 0 Å². The molecule has 0 saturated heterocycles. The molecular formula is C7H11F2O4P-2. The maximum atomic E-state index is 12.8. The summed E-state index contributed by atoms with van der Waals surface area (Å²) in [5, 5.41) is 0. The van der Waals surface area contributed by atoms with E-state index in [0.717, 1.165) is 0 Å². The van der Waals surface area contributed by atoms with Crippen LogP contribution in [0.1, 0.15) is 26.2 Å². The van der Waals surface area contributed by atoms with Gasteiger partial charge in [-0.1, -0.05) is 20.9 Å². The van der Waals surface area contributed by atoms with Crippen LogP contribution in [-0.2, 0) is 9.36 Å². The highest BCUT2D eigenvalue weighted by molar-refractivity contribution is 7.49. The van der Waals surface area contributed by atoms with E-state index in [4.69, 9.17) is 0 Å². The van der Waals surface area contributed by atoms with E-state index in [1.54, 1.807) is 6.92 Å². The summed E-state index contributed by atoms with van der Waals surface area (Å²) in [6.45, 7) is 1.66. The van der Waals surface area contributed by atoms with Crippen molar-refractivity contribution in [2.45, 2.75) is 32.1 Å². The van der Waals surface area contributed by atoms with Crippen LogP contribution in [0.4, 0.5) is 8.78 Å². The minimum atomic E-state index is -5.18. The summed E-state index contributed by atoms with van der Waals surface area (Å²) in [6, 6.07) is 0. The highest BCUT2D eigenvalue weighted by Crippen LogP contribution is 2.30. The highest BCUT2D eigenvalue weighted by Gasteiger charge is 2.37. The normalized spacial score (nSPS) is 12.9. The van der Waals surface area contributed by atoms with Crippen molar-refractivity contribution >= 4 is 13.4 Å². The van der Waals surface area contributed by atoms with Crippen LogP contribution < -0.4 is 9.79 Å². The fourth-order valence-electron chi connectivity index (χ4n) is 0.830. The molecule has 0 rings (SSSR count). The van der Waals surface area contributed by atoms with Crippen LogP contribution in [-0.4, -0.2) is 17.9 Å². The molecule has 4 nitrogen and oxygen atoms in total. The molecule has 0 aromatic heterocycles. The standard InChI is InChI=1S/C7H13F2O4P/c1-2-3-4-7(8,9)6(10)5-14(11,12)13/h2-5H2,1H3,(H2,11,12,13)/p-2. The summed E-state index contributed by atoms with van der Waals surface area (Å²) in [6.07, 6.45) is -1.73. The molecule has 14 heavy (non-hydrogen) atoms. The van der Waals surface area contributed by atoms with E-state index in [9.17, 15) is 27.9 Å². The zero-order valence-electron chi connectivity index (χ0n) is 7.66. The smallest absolute Gasteiger partial charge is 0.305 e. The van der Waals surface area contributed by atoms with Gasteiger partial charge in [0.25, 0.3) is 0 Å². The first kappa shape index (κ1) is 13.7. The lowest BCUT2D eigenvalue weighted by atomic mass is 10.1. The Morgan fingerprint density at radius 2 is 1.93 bits per heavy atom. The molecule has 7 heteroatoms. The topological polar surface area (TPSA) is 80.3 Å². The van der Waals surface area contributed by atoms with E-state index < -0.39 is 31.9 Å². The van der Waals surface area contributed by atoms with Crippen molar-refractivity contribution in [2.75, 3.05) is 6.16 Å². The second kappa shape index (κ2) is 4.96. The lowest BCUT2D eigenvalue weighted by molar-refractivity contribution is -0.313. The minimum absolute atomic E-state index is 0.112. The molecule has 84 valence electrons. The Balaban J connectivity index is 4.28. The van der Waals surface area contributed by atoms with E-state index in [2.05, 4.69) is 0 Å². The Bertz CT molecular complexity index is 248. The predicted octanol–water partition coefficient (Wildman–Crippen LogP) is 0.295. The number of carbonyl (C=O) groups is 1. The molecule has 0 radical (unpaired) electrons. The number of hydrogen-bond donors (Lipinski definition) is 0. The lowest BCUT2D eigenvalue weighted by Crippen LogP contribution is -2.34. The Morgan fingerprint density at radius 1 is 1.43 bits per heavy atom. The van der Waals surface area contributed by atoms with Gasteiger partial charge in [-0.05, 0) is 6.42 Å². The molecule has 0 saturated carbocycles. The van der Waals surface area contributed by atoms with E-state index in [0.29, 0.717) is 6.42 Å². The zero-order chi connectivity index (χ0) is 11.4. The molecule has 0 fully saturated rings. The second-order valence-electron chi connectivity index (χ2n) is 3.00. The number of halogens is 2. The van der Waals surface area contributed by atoms with Gasteiger partial charge in [-0.2, -0.15) is 8.78 Å². The van der Waals surface area contributed by atoms with Gasteiger partial charge in [0.15, 0.2) is 0 Å². The molecule has 0 bridgehead atoms. The third-order valence-electron chi connectivity index (χ3n) is 1.59. The predicted molar refractivity (Wildman–Crippen MR) is 42.0 cm³/mol. The summed E-state index contributed by atoms with van der Waals surface area (Å²) >= 11 is 0. The molecule has 0 aromatic rings. The first-order valence-electron chi connectivity index (χ1n) is 4.11. The Hall–Kier alpha value is -0.320. The molecule has 0 aliphatic heterocycles. The zero-order valence-corrected chi connectivity index (χ0v) is 8.56. The third-order valence-corrected chi connectivity index (χ3v) is 2.26. The molecule has 0 N–H and O–H groups in total. The summed E-state index contributed by atoms with van der Waals surface area (Å²) < 4.78 is 35.7. The fourth-order valence-corrected chi connectivity index (χ4v) is 1.41.